The van der Waals surface area contributed by atoms with Crippen LogP contribution in [-0.4, -0.2) is 23.6 Å². The molecule has 0 radical (unpaired) electrons. The molecule has 2 heterocycles. The van der Waals surface area contributed by atoms with E-state index in [0.29, 0.717) is 10.0 Å². The SMILES string of the molecule is O=S(=O)(Cc1nnc(-c2ccccc2Br)o1)c1ccc(Br)cn1. The van der Waals surface area contributed by atoms with Gasteiger partial charge < -0.3 is 4.42 Å². The largest absolute Gasteiger partial charge is 0.420 e. The van der Waals surface area contributed by atoms with E-state index in [1.54, 1.807) is 12.1 Å². The molecule has 0 N–H and O–H groups in total. The molecule has 0 aliphatic carbocycles. The van der Waals surface area contributed by atoms with Crippen molar-refractivity contribution in [2.75, 3.05) is 0 Å². The molecular formula is C14H9Br2N3O3S. The van der Waals surface area contributed by atoms with Gasteiger partial charge in [0.2, 0.25) is 21.6 Å². The van der Waals surface area contributed by atoms with E-state index in [1.165, 1.54) is 12.3 Å². The van der Waals surface area contributed by atoms with Gasteiger partial charge >= 0.3 is 0 Å². The summed E-state index contributed by atoms with van der Waals surface area (Å²) in [4.78, 5) is 3.89. The quantitative estimate of drug-likeness (QED) is 0.593. The molecule has 0 unspecified atom stereocenters. The molecular weight excluding hydrogens is 450 g/mol. The van der Waals surface area contributed by atoms with Gasteiger partial charge in [-0.1, -0.05) is 12.1 Å². The molecule has 9 heteroatoms. The first-order valence-electron chi connectivity index (χ1n) is 6.37. The van der Waals surface area contributed by atoms with Crippen LogP contribution in [0.2, 0.25) is 0 Å². The van der Waals surface area contributed by atoms with Gasteiger partial charge in [-0.15, -0.1) is 10.2 Å². The first-order chi connectivity index (χ1) is 11.0. The van der Waals surface area contributed by atoms with Crippen molar-refractivity contribution in [2.24, 2.45) is 0 Å². The summed E-state index contributed by atoms with van der Waals surface area (Å²) >= 11 is 6.60. The third kappa shape index (κ3) is 3.67. The van der Waals surface area contributed by atoms with Crippen LogP contribution in [0.25, 0.3) is 11.5 Å². The molecule has 0 amide bonds. The third-order valence-corrected chi connectivity index (χ3v) is 5.57. The van der Waals surface area contributed by atoms with Crippen molar-refractivity contribution in [1.82, 2.24) is 15.2 Å². The average molecular weight is 459 g/mol. The van der Waals surface area contributed by atoms with Crippen molar-refractivity contribution < 1.29 is 12.8 Å². The van der Waals surface area contributed by atoms with E-state index in [2.05, 4.69) is 47.0 Å². The number of benzene rings is 1. The number of sulfone groups is 1. The Kier molecular flexibility index (Phi) is 4.60. The van der Waals surface area contributed by atoms with E-state index in [9.17, 15) is 8.42 Å². The van der Waals surface area contributed by atoms with Crippen LogP contribution in [0.4, 0.5) is 0 Å². The van der Waals surface area contributed by atoms with Gasteiger partial charge in [-0.3, -0.25) is 0 Å². The lowest BCUT2D eigenvalue weighted by atomic mass is 10.2. The summed E-state index contributed by atoms with van der Waals surface area (Å²) in [6.07, 6.45) is 1.42. The van der Waals surface area contributed by atoms with Crippen molar-refractivity contribution in [2.45, 2.75) is 10.8 Å². The van der Waals surface area contributed by atoms with Crippen LogP contribution < -0.4 is 0 Å². The fraction of sp³-hybridized carbons (Fsp3) is 0.0714. The van der Waals surface area contributed by atoms with Crippen LogP contribution in [0.5, 0.6) is 0 Å². The molecule has 0 aliphatic heterocycles. The van der Waals surface area contributed by atoms with Crippen LogP contribution in [-0.2, 0) is 15.6 Å². The lowest BCUT2D eigenvalue weighted by molar-refractivity contribution is 0.517. The van der Waals surface area contributed by atoms with Crippen LogP contribution >= 0.6 is 31.9 Å². The van der Waals surface area contributed by atoms with Crippen molar-refractivity contribution in [3.05, 3.63) is 57.4 Å². The number of hydrogen-bond donors (Lipinski definition) is 0. The second-order valence-corrected chi connectivity index (χ2v) is 8.26. The molecule has 23 heavy (non-hydrogen) atoms. The Morgan fingerprint density at radius 3 is 2.52 bits per heavy atom. The van der Waals surface area contributed by atoms with E-state index in [-0.39, 0.29) is 16.8 Å². The van der Waals surface area contributed by atoms with Gasteiger partial charge in [0.05, 0.1) is 5.56 Å². The number of rotatable bonds is 4. The molecule has 0 fully saturated rings. The molecule has 118 valence electrons. The molecule has 0 spiro atoms. The van der Waals surface area contributed by atoms with Crippen molar-refractivity contribution in [3.63, 3.8) is 0 Å². The summed E-state index contributed by atoms with van der Waals surface area (Å²) in [5, 5.41) is 7.67. The Morgan fingerprint density at radius 2 is 1.83 bits per heavy atom. The molecule has 0 aliphatic rings. The number of nitrogens with zero attached hydrogens (tertiary/aromatic N) is 3. The Morgan fingerprint density at radius 1 is 1.04 bits per heavy atom. The Balaban J connectivity index is 1.87. The van der Waals surface area contributed by atoms with Crippen molar-refractivity contribution in [1.29, 1.82) is 0 Å². The molecule has 3 aromatic rings. The summed E-state index contributed by atoms with van der Waals surface area (Å²) in [5.41, 5.74) is 0.699. The molecule has 0 saturated carbocycles. The molecule has 0 atom stereocenters. The summed E-state index contributed by atoms with van der Waals surface area (Å²) in [6.45, 7) is 0. The van der Waals surface area contributed by atoms with E-state index in [1.807, 2.05) is 18.2 Å². The summed E-state index contributed by atoms with van der Waals surface area (Å²) in [7, 11) is -3.65. The predicted molar refractivity (Wildman–Crippen MR) is 90.3 cm³/mol. The van der Waals surface area contributed by atoms with Gasteiger partial charge in [-0.2, -0.15) is 0 Å². The van der Waals surface area contributed by atoms with E-state index < -0.39 is 15.6 Å². The maximum absolute atomic E-state index is 12.3. The summed E-state index contributed by atoms with van der Waals surface area (Å²) < 4.78 is 31.6. The fourth-order valence-electron chi connectivity index (χ4n) is 1.84. The minimum Gasteiger partial charge on any atom is -0.420 e. The zero-order valence-corrected chi connectivity index (χ0v) is 15.5. The Labute approximate surface area is 149 Å². The maximum Gasteiger partial charge on any atom is 0.248 e. The highest BCUT2D eigenvalue weighted by Crippen LogP contribution is 2.27. The second kappa shape index (κ2) is 6.50. The first-order valence-corrected chi connectivity index (χ1v) is 9.61. The van der Waals surface area contributed by atoms with Gasteiger partial charge in [-0.25, -0.2) is 13.4 Å². The smallest absolute Gasteiger partial charge is 0.248 e. The standard InChI is InChI=1S/C14H9Br2N3O3S/c15-9-5-6-13(17-7-9)23(20,21)8-12-18-19-14(22-12)10-3-1-2-4-11(10)16/h1-7H,8H2. The van der Waals surface area contributed by atoms with Gasteiger partial charge in [0.1, 0.15) is 5.75 Å². The predicted octanol–water partition coefficient (Wildman–Crippen LogP) is 3.63. The maximum atomic E-state index is 12.3. The monoisotopic (exact) mass is 457 g/mol. The van der Waals surface area contributed by atoms with Gasteiger partial charge in [0.15, 0.2) is 5.03 Å². The first kappa shape index (κ1) is 16.3. The number of pyridine rings is 1. The number of aromatic nitrogens is 3. The average Bonchev–Trinajstić information content (AvgIpc) is 2.95. The van der Waals surface area contributed by atoms with Crippen LogP contribution in [0.1, 0.15) is 5.89 Å². The lowest BCUT2D eigenvalue weighted by Crippen LogP contribution is -2.07. The topological polar surface area (TPSA) is 86.0 Å². The van der Waals surface area contributed by atoms with E-state index in [4.69, 9.17) is 4.42 Å². The molecule has 0 saturated heterocycles. The zero-order chi connectivity index (χ0) is 16.4. The van der Waals surface area contributed by atoms with Gasteiger partial charge in [-0.05, 0) is 56.1 Å². The number of halogens is 2. The molecule has 2 aromatic heterocycles. The van der Waals surface area contributed by atoms with Gasteiger partial charge in [0.25, 0.3) is 0 Å². The zero-order valence-electron chi connectivity index (χ0n) is 11.5. The van der Waals surface area contributed by atoms with Crippen molar-refractivity contribution >= 4 is 41.7 Å². The van der Waals surface area contributed by atoms with E-state index in [0.717, 1.165) is 4.47 Å². The molecule has 6 nitrogen and oxygen atoms in total. The van der Waals surface area contributed by atoms with Gasteiger partial charge in [0, 0.05) is 15.1 Å². The summed E-state index contributed by atoms with van der Waals surface area (Å²) in [5.74, 6) is -0.133. The highest BCUT2D eigenvalue weighted by molar-refractivity contribution is 9.10. The third-order valence-electron chi connectivity index (χ3n) is 2.90. The fourth-order valence-corrected chi connectivity index (χ4v) is 3.61. The van der Waals surface area contributed by atoms with Crippen LogP contribution in [0, 0.1) is 0 Å². The van der Waals surface area contributed by atoms with E-state index >= 15 is 0 Å². The lowest BCUT2D eigenvalue weighted by Gasteiger charge is -2.00. The second-order valence-electron chi connectivity index (χ2n) is 4.55. The Hall–Kier alpha value is -1.58. The molecule has 0 bridgehead atoms. The summed E-state index contributed by atoms with van der Waals surface area (Å²) in [6, 6.07) is 10.3. The minimum atomic E-state index is -3.65. The van der Waals surface area contributed by atoms with Crippen LogP contribution in [0.3, 0.4) is 0 Å². The highest BCUT2D eigenvalue weighted by atomic mass is 79.9. The minimum absolute atomic E-state index is 0.0143. The normalized spacial score (nSPS) is 11.6. The molecule has 1 aromatic carbocycles. The Bertz CT molecular complexity index is 940. The molecule has 3 rings (SSSR count). The number of hydrogen-bond acceptors (Lipinski definition) is 6. The van der Waals surface area contributed by atoms with Crippen molar-refractivity contribution in [3.8, 4) is 11.5 Å². The highest BCUT2D eigenvalue weighted by Gasteiger charge is 2.21. The van der Waals surface area contributed by atoms with Crippen LogP contribution in [0.15, 0.2) is 61.0 Å².